The van der Waals surface area contributed by atoms with Crippen molar-refractivity contribution >= 4 is 5.69 Å². The molecule has 78 valence electrons. The van der Waals surface area contributed by atoms with E-state index in [1.165, 1.54) is 6.07 Å². The van der Waals surface area contributed by atoms with Crippen molar-refractivity contribution in [2.24, 2.45) is 5.92 Å². The van der Waals surface area contributed by atoms with Crippen molar-refractivity contribution < 1.29 is 8.78 Å². The van der Waals surface area contributed by atoms with Crippen molar-refractivity contribution in [1.82, 2.24) is 0 Å². The Labute approximate surface area is 83.1 Å². The molecule has 0 fully saturated rings. The first-order chi connectivity index (χ1) is 6.59. The third kappa shape index (κ3) is 3.32. The Morgan fingerprint density at radius 3 is 2.50 bits per heavy atom. The molecule has 0 saturated heterocycles. The number of rotatable bonds is 4. The van der Waals surface area contributed by atoms with E-state index in [9.17, 15) is 8.78 Å². The largest absolute Gasteiger partial charge is 0.385 e. The Morgan fingerprint density at radius 2 is 1.93 bits per heavy atom. The van der Waals surface area contributed by atoms with E-state index in [2.05, 4.69) is 19.2 Å². The lowest BCUT2D eigenvalue weighted by molar-refractivity contribution is 0.509. The SMILES string of the molecule is CC(C)CCNc1ccc(F)c(F)c1. The van der Waals surface area contributed by atoms with E-state index >= 15 is 0 Å². The second kappa shape index (κ2) is 4.94. The average molecular weight is 199 g/mol. The van der Waals surface area contributed by atoms with Crippen LogP contribution in [-0.2, 0) is 0 Å². The molecule has 0 amide bonds. The van der Waals surface area contributed by atoms with Gasteiger partial charge < -0.3 is 5.32 Å². The maximum absolute atomic E-state index is 12.8. The normalized spacial score (nSPS) is 10.6. The molecule has 0 aromatic heterocycles. The van der Waals surface area contributed by atoms with E-state index in [0.29, 0.717) is 11.6 Å². The molecular weight excluding hydrogens is 184 g/mol. The molecule has 0 aliphatic carbocycles. The molecule has 0 aliphatic heterocycles. The number of anilines is 1. The van der Waals surface area contributed by atoms with Crippen molar-refractivity contribution in [3.05, 3.63) is 29.8 Å². The lowest BCUT2D eigenvalue weighted by Gasteiger charge is -2.08. The molecule has 1 N–H and O–H groups in total. The van der Waals surface area contributed by atoms with Gasteiger partial charge in [0.2, 0.25) is 0 Å². The molecule has 0 spiro atoms. The van der Waals surface area contributed by atoms with E-state index < -0.39 is 11.6 Å². The molecule has 1 nitrogen and oxygen atoms in total. The van der Waals surface area contributed by atoms with Gasteiger partial charge >= 0.3 is 0 Å². The fourth-order valence-corrected chi connectivity index (χ4v) is 1.11. The molecule has 14 heavy (non-hydrogen) atoms. The first-order valence-corrected chi connectivity index (χ1v) is 4.78. The average Bonchev–Trinajstić information content (AvgIpc) is 2.10. The molecule has 0 unspecified atom stereocenters. The summed E-state index contributed by atoms with van der Waals surface area (Å²) in [5.41, 5.74) is 0.629. The lowest BCUT2D eigenvalue weighted by Crippen LogP contribution is -2.05. The molecule has 3 heteroatoms. The van der Waals surface area contributed by atoms with Gasteiger partial charge in [0.25, 0.3) is 0 Å². The number of hydrogen-bond acceptors (Lipinski definition) is 1. The Kier molecular flexibility index (Phi) is 3.86. The van der Waals surface area contributed by atoms with Crippen LogP contribution in [0.1, 0.15) is 20.3 Å². The summed E-state index contributed by atoms with van der Waals surface area (Å²) in [5.74, 6) is -1.01. The Morgan fingerprint density at radius 1 is 1.21 bits per heavy atom. The van der Waals surface area contributed by atoms with E-state index in [-0.39, 0.29) is 0 Å². The second-order valence-corrected chi connectivity index (χ2v) is 3.74. The van der Waals surface area contributed by atoms with Crippen LogP contribution in [0.25, 0.3) is 0 Å². The monoisotopic (exact) mass is 199 g/mol. The van der Waals surface area contributed by atoms with Gasteiger partial charge in [-0.2, -0.15) is 0 Å². The summed E-state index contributed by atoms with van der Waals surface area (Å²) in [7, 11) is 0. The smallest absolute Gasteiger partial charge is 0.160 e. The van der Waals surface area contributed by atoms with E-state index in [0.717, 1.165) is 19.0 Å². The van der Waals surface area contributed by atoms with E-state index in [1.54, 1.807) is 6.07 Å². The predicted octanol–water partition coefficient (Wildman–Crippen LogP) is 3.42. The second-order valence-electron chi connectivity index (χ2n) is 3.74. The Bertz CT molecular complexity index is 297. The highest BCUT2D eigenvalue weighted by Gasteiger charge is 2.01. The van der Waals surface area contributed by atoms with Crippen LogP contribution in [0.15, 0.2) is 18.2 Å². The lowest BCUT2D eigenvalue weighted by atomic mass is 10.1. The third-order valence-electron chi connectivity index (χ3n) is 1.97. The first kappa shape index (κ1) is 11.0. The summed E-state index contributed by atoms with van der Waals surface area (Å²) in [5, 5.41) is 3.04. The van der Waals surface area contributed by atoms with E-state index in [4.69, 9.17) is 0 Å². The molecule has 0 heterocycles. The van der Waals surface area contributed by atoms with Crippen LogP contribution in [0.3, 0.4) is 0 Å². The maximum Gasteiger partial charge on any atom is 0.160 e. The van der Waals surface area contributed by atoms with Crippen molar-refractivity contribution in [2.45, 2.75) is 20.3 Å². The van der Waals surface area contributed by atoms with Gasteiger partial charge in [0.1, 0.15) is 0 Å². The summed E-state index contributed by atoms with van der Waals surface area (Å²) in [6.07, 6.45) is 1.01. The molecule has 0 radical (unpaired) electrons. The molecule has 1 aromatic carbocycles. The van der Waals surface area contributed by atoms with Gasteiger partial charge in [-0.15, -0.1) is 0 Å². The van der Waals surface area contributed by atoms with Crippen LogP contribution in [0.2, 0.25) is 0 Å². The minimum Gasteiger partial charge on any atom is -0.385 e. The van der Waals surface area contributed by atoms with Gasteiger partial charge in [0.05, 0.1) is 0 Å². The minimum atomic E-state index is -0.806. The number of halogens is 2. The molecular formula is C11H15F2N. The summed E-state index contributed by atoms with van der Waals surface area (Å²) >= 11 is 0. The molecule has 1 aromatic rings. The van der Waals surface area contributed by atoms with E-state index in [1.807, 2.05) is 0 Å². The first-order valence-electron chi connectivity index (χ1n) is 4.78. The summed E-state index contributed by atoms with van der Waals surface area (Å²) in [6, 6.07) is 3.85. The highest BCUT2D eigenvalue weighted by Crippen LogP contribution is 2.13. The van der Waals surface area contributed by atoms with Crippen LogP contribution in [0.5, 0.6) is 0 Å². The zero-order valence-electron chi connectivity index (χ0n) is 8.48. The summed E-state index contributed by atoms with van der Waals surface area (Å²) in [4.78, 5) is 0. The topological polar surface area (TPSA) is 12.0 Å². The summed E-state index contributed by atoms with van der Waals surface area (Å²) < 4.78 is 25.3. The van der Waals surface area contributed by atoms with Crippen LogP contribution in [0.4, 0.5) is 14.5 Å². The number of hydrogen-bond donors (Lipinski definition) is 1. The maximum atomic E-state index is 12.8. The van der Waals surface area contributed by atoms with Crippen LogP contribution >= 0.6 is 0 Å². The number of benzene rings is 1. The predicted molar refractivity (Wildman–Crippen MR) is 54.3 cm³/mol. The standard InChI is InChI=1S/C11H15F2N/c1-8(2)5-6-14-9-3-4-10(12)11(13)7-9/h3-4,7-8,14H,5-6H2,1-2H3. The molecule has 0 saturated carbocycles. The fraction of sp³-hybridized carbons (Fsp3) is 0.455. The van der Waals surface area contributed by atoms with Crippen molar-refractivity contribution in [3.8, 4) is 0 Å². The Hall–Kier alpha value is -1.12. The quantitative estimate of drug-likeness (QED) is 0.783. The molecule has 1 rings (SSSR count). The fourth-order valence-electron chi connectivity index (χ4n) is 1.11. The zero-order valence-corrected chi connectivity index (χ0v) is 8.48. The van der Waals surface area contributed by atoms with Gasteiger partial charge in [-0.1, -0.05) is 13.8 Å². The van der Waals surface area contributed by atoms with Crippen molar-refractivity contribution in [2.75, 3.05) is 11.9 Å². The van der Waals surface area contributed by atoms with Gasteiger partial charge in [-0.25, -0.2) is 8.78 Å². The van der Waals surface area contributed by atoms with Gasteiger partial charge in [0, 0.05) is 12.2 Å². The number of nitrogens with one attached hydrogen (secondary N) is 1. The van der Waals surface area contributed by atoms with Crippen molar-refractivity contribution in [3.63, 3.8) is 0 Å². The van der Waals surface area contributed by atoms with Crippen LogP contribution in [-0.4, -0.2) is 6.54 Å². The highest BCUT2D eigenvalue weighted by atomic mass is 19.2. The van der Waals surface area contributed by atoms with Gasteiger partial charge in [-0.3, -0.25) is 0 Å². The third-order valence-corrected chi connectivity index (χ3v) is 1.97. The molecule has 0 aliphatic rings. The summed E-state index contributed by atoms with van der Waals surface area (Å²) in [6.45, 7) is 5.02. The van der Waals surface area contributed by atoms with Crippen LogP contribution in [0, 0.1) is 17.6 Å². The minimum absolute atomic E-state index is 0.604. The van der Waals surface area contributed by atoms with Crippen LogP contribution < -0.4 is 5.32 Å². The zero-order chi connectivity index (χ0) is 10.6. The van der Waals surface area contributed by atoms with Crippen molar-refractivity contribution in [1.29, 1.82) is 0 Å². The Balaban J connectivity index is 2.47. The van der Waals surface area contributed by atoms with Gasteiger partial charge in [0.15, 0.2) is 11.6 Å². The molecule has 0 bridgehead atoms. The van der Waals surface area contributed by atoms with Gasteiger partial charge in [-0.05, 0) is 30.5 Å². The molecule has 0 atom stereocenters. The highest BCUT2D eigenvalue weighted by molar-refractivity contribution is 5.43.